The van der Waals surface area contributed by atoms with Crippen molar-refractivity contribution in [2.45, 2.75) is 11.8 Å². The second-order valence-electron chi connectivity index (χ2n) is 4.52. The number of amidine groups is 1. The third kappa shape index (κ3) is 3.42. The Morgan fingerprint density at radius 1 is 1.15 bits per heavy atom. The molecule has 0 saturated heterocycles. The molecule has 1 aromatic carbocycles. The van der Waals surface area contributed by atoms with Gasteiger partial charge in [-0.1, -0.05) is 6.07 Å². The summed E-state index contributed by atoms with van der Waals surface area (Å²) in [4.78, 5) is 4.40. The standard InChI is InChI=1S/C14H15N3O2S/c1-10-3-8-13(16-9-10)14(15)17-11-4-6-12(7-5-11)20(2,18)19/h3-9H,1-2H3,(H2,15,17). The fourth-order valence-corrected chi connectivity index (χ4v) is 2.24. The van der Waals surface area contributed by atoms with E-state index in [0.29, 0.717) is 11.4 Å². The molecule has 2 rings (SSSR count). The van der Waals surface area contributed by atoms with Gasteiger partial charge in [-0.3, -0.25) is 10.4 Å². The zero-order chi connectivity index (χ0) is 14.8. The Hall–Kier alpha value is -2.21. The van der Waals surface area contributed by atoms with Crippen molar-refractivity contribution >= 4 is 21.4 Å². The van der Waals surface area contributed by atoms with E-state index in [1.165, 1.54) is 12.1 Å². The molecule has 0 saturated carbocycles. The van der Waals surface area contributed by atoms with Gasteiger partial charge in [-0.05, 0) is 42.8 Å². The number of benzene rings is 1. The maximum atomic E-state index is 11.3. The molecule has 0 bridgehead atoms. The van der Waals surface area contributed by atoms with Crippen LogP contribution in [0.15, 0.2) is 47.5 Å². The van der Waals surface area contributed by atoms with E-state index < -0.39 is 9.84 Å². The van der Waals surface area contributed by atoms with Crippen LogP contribution in [-0.2, 0) is 9.84 Å². The average molecular weight is 289 g/mol. The molecule has 2 N–H and O–H groups in total. The van der Waals surface area contributed by atoms with Gasteiger partial charge in [0.2, 0.25) is 0 Å². The molecule has 104 valence electrons. The summed E-state index contributed by atoms with van der Waals surface area (Å²) in [7, 11) is -3.20. The van der Waals surface area contributed by atoms with E-state index in [1.54, 1.807) is 24.4 Å². The van der Waals surface area contributed by atoms with Crippen molar-refractivity contribution < 1.29 is 8.42 Å². The largest absolute Gasteiger partial charge is 0.339 e. The van der Waals surface area contributed by atoms with Crippen molar-refractivity contribution in [1.82, 2.24) is 4.98 Å². The molecule has 1 heterocycles. The lowest BCUT2D eigenvalue weighted by molar-refractivity contribution is 0.602. The van der Waals surface area contributed by atoms with Crippen molar-refractivity contribution in [3.05, 3.63) is 53.9 Å². The number of aryl methyl sites for hydroxylation is 1. The Morgan fingerprint density at radius 2 is 1.80 bits per heavy atom. The van der Waals surface area contributed by atoms with Crippen LogP contribution < -0.4 is 5.32 Å². The Kier molecular flexibility index (Phi) is 3.85. The molecule has 0 aliphatic heterocycles. The van der Waals surface area contributed by atoms with E-state index in [-0.39, 0.29) is 10.7 Å². The lowest BCUT2D eigenvalue weighted by Gasteiger charge is -2.08. The van der Waals surface area contributed by atoms with Gasteiger partial charge in [0.05, 0.1) is 4.90 Å². The molecule has 0 aliphatic carbocycles. The summed E-state index contributed by atoms with van der Waals surface area (Å²) in [5, 5.41) is 10.8. The van der Waals surface area contributed by atoms with Crippen LogP contribution in [0.3, 0.4) is 0 Å². The highest BCUT2D eigenvalue weighted by atomic mass is 32.2. The van der Waals surface area contributed by atoms with Gasteiger partial charge < -0.3 is 5.32 Å². The highest BCUT2D eigenvalue weighted by Crippen LogP contribution is 2.14. The smallest absolute Gasteiger partial charge is 0.175 e. The number of pyridine rings is 1. The van der Waals surface area contributed by atoms with Crippen molar-refractivity contribution in [2.75, 3.05) is 11.6 Å². The maximum absolute atomic E-state index is 11.3. The summed E-state index contributed by atoms with van der Waals surface area (Å²) >= 11 is 0. The molecule has 1 aromatic heterocycles. The molecule has 0 amide bonds. The number of nitrogens with one attached hydrogen (secondary N) is 2. The highest BCUT2D eigenvalue weighted by molar-refractivity contribution is 7.90. The van der Waals surface area contributed by atoms with Crippen LogP contribution in [0.4, 0.5) is 5.69 Å². The Labute approximate surface area is 118 Å². The molecule has 2 aromatic rings. The van der Waals surface area contributed by atoms with Gasteiger partial charge in [0, 0.05) is 18.1 Å². The fraction of sp³-hybridized carbons (Fsp3) is 0.143. The number of anilines is 1. The number of sulfone groups is 1. The molecular weight excluding hydrogens is 274 g/mol. The van der Waals surface area contributed by atoms with E-state index in [2.05, 4.69) is 10.3 Å². The first-order valence-electron chi connectivity index (χ1n) is 5.95. The van der Waals surface area contributed by atoms with E-state index in [9.17, 15) is 8.42 Å². The van der Waals surface area contributed by atoms with Crippen LogP contribution in [0, 0.1) is 12.3 Å². The first-order valence-corrected chi connectivity index (χ1v) is 7.84. The average Bonchev–Trinajstić information content (AvgIpc) is 2.39. The lowest BCUT2D eigenvalue weighted by Crippen LogP contribution is -2.13. The van der Waals surface area contributed by atoms with Crippen LogP contribution in [0.2, 0.25) is 0 Å². The third-order valence-electron chi connectivity index (χ3n) is 2.72. The fourth-order valence-electron chi connectivity index (χ4n) is 1.61. The molecule has 6 heteroatoms. The molecular formula is C14H15N3O2S. The second-order valence-corrected chi connectivity index (χ2v) is 6.53. The van der Waals surface area contributed by atoms with E-state index in [0.717, 1.165) is 11.8 Å². The highest BCUT2D eigenvalue weighted by Gasteiger charge is 2.07. The minimum Gasteiger partial charge on any atom is -0.339 e. The topological polar surface area (TPSA) is 82.9 Å². The lowest BCUT2D eigenvalue weighted by atomic mass is 10.2. The zero-order valence-corrected chi connectivity index (χ0v) is 12.0. The predicted octanol–water partition coefficient (Wildman–Crippen LogP) is 2.23. The monoisotopic (exact) mass is 289 g/mol. The van der Waals surface area contributed by atoms with Gasteiger partial charge >= 0.3 is 0 Å². The Balaban J connectivity index is 2.14. The number of nitrogens with zero attached hydrogens (tertiary/aromatic N) is 1. The van der Waals surface area contributed by atoms with E-state index in [1.807, 2.05) is 13.0 Å². The number of hydrogen-bond donors (Lipinski definition) is 2. The Bertz CT molecular complexity index is 720. The van der Waals surface area contributed by atoms with Crippen LogP contribution in [-0.4, -0.2) is 25.5 Å². The second kappa shape index (κ2) is 5.42. The van der Waals surface area contributed by atoms with Crippen molar-refractivity contribution in [3.63, 3.8) is 0 Å². The molecule has 0 fully saturated rings. The number of aromatic nitrogens is 1. The summed E-state index contributed by atoms with van der Waals surface area (Å²) in [6, 6.07) is 9.90. The minimum atomic E-state index is -3.20. The molecule has 0 atom stereocenters. The normalized spacial score (nSPS) is 11.1. The summed E-state index contributed by atoms with van der Waals surface area (Å²) in [5.41, 5.74) is 2.20. The molecule has 5 nitrogen and oxygen atoms in total. The number of rotatable bonds is 3. The molecule has 0 spiro atoms. The van der Waals surface area contributed by atoms with Gasteiger partial charge in [-0.25, -0.2) is 8.42 Å². The van der Waals surface area contributed by atoms with Gasteiger partial charge in [0.15, 0.2) is 9.84 Å². The van der Waals surface area contributed by atoms with Gasteiger partial charge in [0.25, 0.3) is 0 Å². The molecule has 0 radical (unpaired) electrons. The van der Waals surface area contributed by atoms with E-state index in [4.69, 9.17) is 5.41 Å². The van der Waals surface area contributed by atoms with Crippen LogP contribution in [0.5, 0.6) is 0 Å². The van der Waals surface area contributed by atoms with Crippen molar-refractivity contribution in [1.29, 1.82) is 5.41 Å². The van der Waals surface area contributed by atoms with Crippen molar-refractivity contribution in [2.24, 2.45) is 0 Å². The maximum Gasteiger partial charge on any atom is 0.175 e. The first kappa shape index (κ1) is 14.2. The summed E-state index contributed by atoms with van der Waals surface area (Å²) in [6.45, 7) is 1.93. The van der Waals surface area contributed by atoms with Gasteiger partial charge in [-0.15, -0.1) is 0 Å². The molecule has 20 heavy (non-hydrogen) atoms. The van der Waals surface area contributed by atoms with Crippen LogP contribution >= 0.6 is 0 Å². The SMILES string of the molecule is Cc1ccc(C(=N)Nc2ccc(S(C)(=O)=O)cc2)nc1. The number of hydrogen-bond acceptors (Lipinski definition) is 4. The minimum absolute atomic E-state index is 0.164. The quantitative estimate of drug-likeness (QED) is 0.670. The van der Waals surface area contributed by atoms with Gasteiger partial charge in [-0.2, -0.15) is 0 Å². The zero-order valence-electron chi connectivity index (χ0n) is 11.2. The predicted molar refractivity (Wildman–Crippen MR) is 79.0 cm³/mol. The first-order chi connectivity index (χ1) is 9.36. The van der Waals surface area contributed by atoms with Crippen LogP contribution in [0.25, 0.3) is 0 Å². The molecule has 0 unspecified atom stereocenters. The van der Waals surface area contributed by atoms with Crippen LogP contribution in [0.1, 0.15) is 11.3 Å². The van der Waals surface area contributed by atoms with Crippen molar-refractivity contribution in [3.8, 4) is 0 Å². The summed E-state index contributed by atoms with van der Waals surface area (Å²) < 4.78 is 22.7. The van der Waals surface area contributed by atoms with E-state index >= 15 is 0 Å². The summed E-state index contributed by atoms with van der Waals surface area (Å²) in [5.74, 6) is 0.164. The van der Waals surface area contributed by atoms with Gasteiger partial charge in [0.1, 0.15) is 11.5 Å². The third-order valence-corrected chi connectivity index (χ3v) is 3.85. The molecule has 0 aliphatic rings. The summed E-state index contributed by atoms with van der Waals surface area (Å²) in [6.07, 6.45) is 2.85. The Morgan fingerprint density at radius 3 is 2.30 bits per heavy atom.